The number of hydrogen-bond donors (Lipinski definition) is 0. The highest BCUT2D eigenvalue weighted by atomic mass is 32.1. The fraction of sp³-hybridized carbons (Fsp3) is 0.231. The number of anilines is 1. The van der Waals surface area contributed by atoms with E-state index in [-0.39, 0.29) is 12.0 Å². The van der Waals surface area contributed by atoms with Gasteiger partial charge in [0, 0.05) is 5.56 Å². The third-order valence-corrected chi connectivity index (χ3v) is 6.05. The largest absolute Gasteiger partial charge is 0.491 e. The van der Waals surface area contributed by atoms with E-state index in [9.17, 15) is 4.79 Å². The molecule has 1 heterocycles. The first-order valence-corrected chi connectivity index (χ1v) is 11.4. The van der Waals surface area contributed by atoms with Crippen molar-refractivity contribution in [2.45, 2.75) is 39.8 Å². The predicted octanol–water partition coefficient (Wildman–Crippen LogP) is 6.49. The molecule has 3 aromatic carbocycles. The van der Waals surface area contributed by atoms with Gasteiger partial charge in [0.25, 0.3) is 5.91 Å². The molecule has 0 atom stereocenters. The lowest BCUT2D eigenvalue weighted by Gasteiger charge is -2.20. The van der Waals surface area contributed by atoms with Crippen molar-refractivity contribution < 1.29 is 9.53 Å². The van der Waals surface area contributed by atoms with Crippen molar-refractivity contribution in [3.63, 3.8) is 0 Å². The molecule has 0 saturated carbocycles. The van der Waals surface area contributed by atoms with E-state index in [4.69, 9.17) is 9.72 Å². The number of fused-ring (bicyclic) bond motifs is 1. The summed E-state index contributed by atoms with van der Waals surface area (Å²) < 4.78 is 6.82. The van der Waals surface area contributed by atoms with Crippen LogP contribution in [-0.4, -0.2) is 17.0 Å². The van der Waals surface area contributed by atoms with Crippen molar-refractivity contribution in [2.24, 2.45) is 0 Å². The van der Waals surface area contributed by atoms with Gasteiger partial charge in [-0.1, -0.05) is 60.7 Å². The smallest absolute Gasteiger partial charge is 0.260 e. The first-order chi connectivity index (χ1) is 15.0. The number of benzene rings is 3. The first kappa shape index (κ1) is 21.1. The van der Waals surface area contributed by atoms with Gasteiger partial charge in [0.2, 0.25) is 0 Å². The number of aryl methyl sites for hydroxylation is 1. The highest BCUT2D eigenvalue weighted by molar-refractivity contribution is 7.22. The summed E-state index contributed by atoms with van der Waals surface area (Å²) in [5.41, 5.74) is 3.85. The fourth-order valence-corrected chi connectivity index (χ4v) is 4.50. The summed E-state index contributed by atoms with van der Waals surface area (Å²) in [6.07, 6.45) is 0.997. The lowest BCUT2D eigenvalue weighted by molar-refractivity contribution is 0.0985. The van der Waals surface area contributed by atoms with Gasteiger partial charge in [-0.25, -0.2) is 4.98 Å². The number of nitrogens with zero attached hydrogens (tertiary/aromatic N) is 2. The summed E-state index contributed by atoms with van der Waals surface area (Å²) in [5.74, 6) is 0.686. The number of carbonyl (C=O) groups is 1. The molecule has 0 fully saturated rings. The summed E-state index contributed by atoms with van der Waals surface area (Å²) in [6, 6.07) is 23.6. The summed E-state index contributed by atoms with van der Waals surface area (Å²) in [7, 11) is 0. The van der Waals surface area contributed by atoms with E-state index in [1.54, 1.807) is 16.2 Å². The molecule has 0 saturated heterocycles. The van der Waals surface area contributed by atoms with Crippen molar-refractivity contribution in [3.8, 4) is 5.75 Å². The Labute approximate surface area is 187 Å². The average Bonchev–Trinajstić information content (AvgIpc) is 3.22. The molecule has 0 aliphatic rings. The van der Waals surface area contributed by atoms with Gasteiger partial charge >= 0.3 is 0 Å². The molecule has 0 aliphatic carbocycles. The molecule has 0 N–H and O–H groups in total. The number of thiazole rings is 1. The predicted molar refractivity (Wildman–Crippen MR) is 128 cm³/mol. The van der Waals surface area contributed by atoms with Crippen LogP contribution in [0.1, 0.15) is 42.3 Å². The van der Waals surface area contributed by atoms with Crippen molar-refractivity contribution in [3.05, 3.63) is 89.5 Å². The van der Waals surface area contributed by atoms with Crippen LogP contribution in [0.5, 0.6) is 5.75 Å². The summed E-state index contributed by atoms with van der Waals surface area (Å²) in [5, 5.41) is 0.715. The SMILES string of the molecule is CCc1cccc2sc(N(Cc3ccccc3)C(=O)c3ccc(OC(C)C)cc3)nc12. The van der Waals surface area contributed by atoms with Crippen molar-refractivity contribution in [2.75, 3.05) is 4.90 Å². The van der Waals surface area contributed by atoms with Crippen LogP contribution in [-0.2, 0) is 13.0 Å². The Morgan fingerprint density at radius 1 is 1.00 bits per heavy atom. The van der Waals surface area contributed by atoms with Crippen molar-refractivity contribution >= 4 is 32.6 Å². The zero-order chi connectivity index (χ0) is 21.8. The van der Waals surface area contributed by atoms with Crippen LogP contribution in [0, 0.1) is 0 Å². The minimum atomic E-state index is -0.0722. The Morgan fingerprint density at radius 3 is 2.42 bits per heavy atom. The summed E-state index contributed by atoms with van der Waals surface area (Å²) >= 11 is 1.56. The van der Waals surface area contributed by atoms with E-state index in [2.05, 4.69) is 25.1 Å². The molecule has 0 aliphatic heterocycles. The molecule has 0 radical (unpaired) electrons. The molecule has 0 unspecified atom stereocenters. The second-order valence-electron chi connectivity index (χ2n) is 7.68. The normalized spacial score (nSPS) is 11.1. The maximum atomic E-state index is 13.6. The molecule has 158 valence electrons. The van der Waals surface area contributed by atoms with Crippen LogP contribution in [0.3, 0.4) is 0 Å². The quantitative estimate of drug-likeness (QED) is 0.336. The van der Waals surface area contributed by atoms with E-state index < -0.39 is 0 Å². The monoisotopic (exact) mass is 430 g/mol. The highest BCUT2D eigenvalue weighted by Crippen LogP contribution is 2.33. The van der Waals surface area contributed by atoms with Crippen molar-refractivity contribution in [1.29, 1.82) is 0 Å². The van der Waals surface area contributed by atoms with Gasteiger partial charge in [-0.15, -0.1) is 0 Å². The summed E-state index contributed by atoms with van der Waals surface area (Å²) in [4.78, 5) is 20.2. The lowest BCUT2D eigenvalue weighted by atomic mass is 10.1. The molecule has 31 heavy (non-hydrogen) atoms. The van der Waals surface area contributed by atoms with Crippen LogP contribution < -0.4 is 9.64 Å². The molecule has 1 amide bonds. The Morgan fingerprint density at radius 2 is 1.74 bits per heavy atom. The van der Waals surface area contributed by atoms with Gasteiger partial charge in [0.05, 0.1) is 22.9 Å². The molecule has 0 spiro atoms. The number of carbonyl (C=O) groups excluding carboxylic acids is 1. The van der Waals surface area contributed by atoms with E-state index in [0.29, 0.717) is 17.2 Å². The number of hydrogen-bond acceptors (Lipinski definition) is 4. The van der Waals surface area contributed by atoms with Gasteiger partial charge in [0.15, 0.2) is 5.13 Å². The number of rotatable bonds is 7. The molecule has 1 aromatic heterocycles. The van der Waals surface area contributed by atoms with E-state index in [0.717, 1.165) is 28.0 Å². The zero-order valence-corrected chi connectivity index (χ0v) is 18.9. The van der Waals surface area contributed by atoms with Gasteiger partial charge < -0.3 is 4.74 Å². The number of aromatic nitrogens is 1. The topological polar surface area (TPSA) is 42.4 Å². The van der Waals surface area contributed by atoms with Crippen LogP contribution >= 0.6 is 11.3 Å². The van der Waals surface area contributed by atoms with Crippen LogP contribution in [0.15, 0.2) is 72.8 Å². The molecule has 0 bridgehead atoms. The molecular weight excluding hydrogens is 404 g/mol. The maximum absolute atomic E-state index is 13.6. The molecule has 5 heteroatoms. The van der Waals surface area contributed by atoms with E-state index >= 15 is 0 Å². The van der Waals surface area contributed by atoms with Crippen LogP contribution in [0.4, 0.5) is 5.13 Å². The maximum Gasteiger partial charge on any atom is 0.260 e. The molecular formula is C26H26N2O2S. The number of ether oxygens (including phenoxy) is 1. The Hall–Kier alpha value is -3.18. The van der Waals surface area contributed by atoms with E-state index in [1.165, 1.54) is 5.56 Å². The van der Waals surface area contributed by atoms with Crippen molar-refractivity contribution in [1.82, 2.24) is 4.98 Å². The van der Waals surface area contributed by atoms with Gasteiger partial charge in [-0.05, 0) is 61.7 Å². The molecule has 4 nitrogen and oxygen atoms in total. The summed E-state index contributed by atoms with van der Waals surface area (Å²) in [6.45, 7) is 6.56. The van der Waals surface area contributed by atoms with Gasteiger partial charge in [-0.2, -0.15) is 0 Å². The second-order valence-corrected chi connectivity index (χ2v) is 8.69. The molecule has 4 rings (SSSR count). The third kappa shape index (κ3) is 4.78. The van der Waals surface area contributed by atoms with Gasteiger partial charge in [0.1, 0.15) is 5.75 Å². The van der Waals surface area contributed by atoms with Crippen LogP contribution in [0.2, 0.25) is 0 Å². The number of amides is 1. The fourth-order valence-electron chi connectivity index (χ4n) is 3.49. The first-order valence-electron chi connectivity index (χ1n) is 10.6. The van der Waals surface area contributed by atoms with Crippen LogP contribution in [0.25, 0.3) is 10.2 Å². The second kappa shape index (κ2) is 9.31. The van der Waals surface area contributed by atoms with E-state index in [1.807, 2.05) is 68.4 Å². The Balaban J connectivity index is 1.71. The Bertz CT molecular complexity index is 1170. The molecule has 4 aromatic rings. The number of para-hydroxylation sites is 1. The van der Waals surface area contributed by atoms with Gasteiger partial charge in [-0.3, -0.25) is 9.69 Å². The lowest BCUT2D eigenvalue weighted by Crippen LogP contribution is -2.30. The standard InChI is InChI=1S/C26H26N2O2S/c1-4-20-11-8-12-23-24(20)27-26(31-23)28(17-19-9-6-5-7-10-19)25(29)21-13-15-22(16-14-21)30-18(2)3/h5-16,18H,4,17H2,1-3H3. The minimum absolute atomic E-state index is 0.0722. The minimum Gasteiger partial charge on any atom is -0.491 e. The highest BCUT2D eigenvalue weighted by Gasteiger charge is 2.22. The zero-order valence-electron chi connectivity index (χ0n) is 18.0. The Kier molecular flexibility index (Phi) is 6.33. The third-order valence-electron chi connectivity index (χ3n) is 5.00. The average molecular weight is 431 g/mol.